The third-order valence-corrected chi connectivity index (χ3v) is 6.49. The SMILES string of the molecule is CNC(/C=C(/C)NC(=O)OC(C)(C)C)NC1=CC(CN2CCOCC2)=CC(c2cccc(N=O)c2C)N1C. The Balaban J connectivity index is 1.86. The second kappa shape index (κ2) is 13.0. The summed E-state index contributed by atoms with van der Waals surface area (Å²) in [6.45, 7) is 13.3. The third-order valence-electron chi connectivity index (χ3n) is 6.49. The van der Waals surface area contributed by atoms with Crippen molar-refractivity contribution in [2.75, 3.05) is 46.9 Å². The van der Waals surface area contributed by atoms with Crippen molar-refractivity contribution in [3.8, 4) is 0 Å². The molecule has 2 aliphatic rings. The number of nitroso groups, excluding NO2 is 1. The molecule has 1 fully saturated rings. The summed E-state index contributed by atoms with van der Waals surface area (Å²) >= 11 is 0. The van der Waals surface area contributed by atoms with Crippen molar-refractivity contribution in [2.45, 2.75) is 52.4 Å². The van der Waals surface area contributed by atoms with Gasteiger partial charge >= 0.3 is 6.09 Å². The molecule has 3 N–H and O–H groups in total. The van der Waals surface area contributed by atoms with E-state index in [2.05, 4.69) is 43.1 Å². The zero-order valence-corrected chi connectivity index (χ0v) is 23.6. The van der Waals surface area contributed by atoms with Gasteiger partial charge in [0, 0.05) is 32.4 Å². The normalized spacial score (nSPS) is 19.8. The zero-order valence-electron chi connectivity index (χ0n) is 23.6. The molecule has 2 unspecified atom stereocenters. The maximum absolute atomic E-state index is 12.2. The van der Waals surface area contributed by atoms with Gasteiger partial charge in [-0.25, -0.2) is 4.79 Å². The van der Waals surface area contributed by atoms with Crippen LogP contribution >= 0.6 is 0 Å². The minimum Gasteiger partial charge on any atom is -0.444 e. The summed E-state index contributed by atoms with van der Waals surface area (Å²) in [6.07, 6.45) is 5.53. The molecule has 1 amide bonds. The number of hydrogen-bond acceptors (Lipinski definition) is 9. The molecule has 1 aromatic carbocycles. The summed E-state index contributed by atoms with van der Waals surface area (Å²) in [7, 11) is 3.87. The lowest BCUT2D eigenvalue weighted by atomic mass is 9.94. The molecule has 0 radical (unpaired) electrons. The maximum atomic E-state index is 12.2. The van der Waals surface area contributed by atoms with E-state index in [-0.39, 0.29) is 12.2 Å². The number of ether oxygens (including phenoxy) is 2. The summed E-state index contributed by atoms with van der Waals surface area (Å²) in [5.41, 5.74) is 3.59. The number of nitrogens with one attached hydrogen (secondary N) is 3. The minimum atomic E-state index is -0.576. The van der Waals surface area contributed by atoms with E-state index >= 15 is 0 Å². The summed E-state index contributed by atoms with van der Waals surface area (Å²) in [5, 5.41) is 12.8. The molecule has 0 aromatic heterocycles. The van der Waals surface area contributed by atoms with Crippen molar-refractivity contribution in [1.82, 2.24) is 25.8 Å². The van der Waals surface area contributed by atoms with Crippen molar-refractivity contribution >= 4 is 11.8 Å². The molecule has 3 rings (SSSR count). The molecule has 2 heterocycles. The van der Waals surface area contributed by atoms with E-state index in [0.29, 0.717) is 11.4 Å². The highest BCUT2D eigenvalue weighted by Crippen LogP contribution is 2.35. The van der Waals surface area contributed by atoms with Crippen LogP contribution in [0, 0.1) is 11.8 Å². The van der Waals surface area contributed by atoms with E-state index in [1.54, 1.807) is 6.07 Å². The first-order valence-corrected chi connectivity index (χ1v) is 13.0. The lowest BCUT2D eigenvalue weighted by molar-refractivity contribution is 0.0424. The summed E-state index contributed by atoms with van der Waals surface area (Å²) < 4.78 is 10.9. The fourth-order valence-corrected chi connectivity index (χ4v) is 4.52. The van der Waals surface area contributed by atoms with Crippen LogP contribution in [0.1, 0.15) is 44.9 Å². The molecule has 0 aliphatic carbocycles. The number of benzene rings is 1. The number of hydrogen-bond donors (Lipinski definition) is 3. The van der Waals surface area contributed by atoms with Crippen LogP contribution in [-0.4, -0.2) is 74.6 Å². The predicted octanol–water partition coefficient (Wildman–Crippen LogP) is 4.04. The van der Waals surface area contributed by atoms with Crippen LogP contribution in [-0.2, 0) is 9.47 Å². The number of rotatable bonds is 9. The van der Waals surface area contributed by atoms with Crippen LogP contribution in [0.3, 0.4) is 0 Å². The van der Waals surface area contributed by atoms with Crippen LogP contribution in [0.2, 0.25) is 0 Å². The fraction of sp³-hybridized carbons (Fsp3) is 0.536. The molecule has 2 atom stereocenters. The van der Waals surface area contributed by atoms with E-state index in [1.165, 1.54) is 5.57 Å². The number of carbonyl (C=O) groups is 1. The van der Waals surface area contributed by atoms with Crippen LogP contribution in [0.4, 0.5) is 10.5 Å². The van der Waals surface area contributed by atoms with Crippen molar-refractivity contribution in [3.63, 3.8) is 0 Å². The van der Waals surface area contributed by atoms with Crippen LogP contribution < -0.4 is 16.0 Å². The van der Waals surface area contributed by atoms with Crippen molar-refractivity contribution < 1.29 is 14.3 Å². The topological polar surface area (TPSA) is 108 Å². The number of amides is 1. The Hall–Kier alpha value is -3.21. The Morgan fingerprint density at radius 3 is 2.63 bits per heavy atom. The van der Waals surface area contributed by atoms with Gasteiger partial charge in [0.15, 0.2) is 0 Å². The number of morpholine rings is 1. The highest BCUT2D eigenvalue weighted by molar-refractivity contribution is 5.69. The van der Waals surface area contributed by atoms with E-state index < -0.39 is 11.7 Å². The van der Waals surface area contributed by atoms with Crippen molar-refractivity contribution in [1.29, 1.82) is 0 Å². The minimum absolute atomic E-state index is 0.0947. The van der Waals surface area contributed by atoms with Crippen LogP contribution in [0.15, 0.2) is 58.7 Å². The first-order valence-electron chi connectivity index (χ1n) is 13.0. The first-order chi connectivity index (χ1) is 18.0. The van der Waals surface area contributed by atoms with Gasteiger partial charge in [-0.05, 0) is 81.8 Å². The predicted molar refractivity (Wildman–Crippen MR) is 150 cm³/mol. The second-order valence-electron chi connectivity index (χ2n) is 10.7. The van der Waals surface area contributed by atoms with Gasteiger partial charge in [0.05, 0.1) is 25.4 Å². The van der Waals surface area contributed by atoms with Crippen LogP contribution in [0.5, 0.6) is 0 Å². The maximum Gasteiger partial charge on any atom is 0.411 e. The lowest BCUT2D eigenvalue weighted by Gasteiger charge is -2.38. The number of alkyl carbamates (subject to hydrolysis) is 1. The number of nitrogens with zero attached hydrogens (tertiary/aromatic N) is 3. The molecular formula is C28H42N6O4. The Morgan fingerprint density at radius 1 is 1.29 bits per heavy atom. The Bertz CT molecular complexity index is 1090. The van der Waals surface area contributed by atoms with E-state index in [0.717, 1.165) is 49.8 Å². The third kappa shape index (κ3) is 8.14. The molecule has 2 aliphatic heterocycles. The molecule has 10 nitrogen and oxygen atoms in total. The van der Waals surface area contributed by atoms with Gasteiger partial charge < -0.3 is 19.7 Å². The summed E-state index contributed by atoms with van der Waals surface area (Å²) in [6, 6.07) is 5.56. The molecule has 0 saturated carbocycles. The molecule has 10 heteroatoms. The van der Waals surface area contributed by atoms with Gasteiger partial charge in [0.2, 0.25) is 0 Å². The molecular weight excluding hydrogens is 484 g/mol. The molecule has 1 aromatic rings. The van der Waals surface area contributed by atoms with Crippen molar-refractivity contribution in [3.05, 3.63) is 69.6 Å². The largest absolute Gasteiger partial charge is 0.444 e. The highest BCUT2D eigenvalue weighted by atomic mass is 16.6. The molecule has 38 heavy (non-hydrogen) atoms. The average Bonchev–Trinajstić information content (AvgIpc) is 2.85. The second-order valence-corrected chi connectivity index (χ2v) is 10.7. The lowest BCUT2D eigenvalue weighted by Crippen LogP contribution is -2.45. The number of carbonyl (C=O) groups excluding carboxylic acids is 1. The van der Waals surface area contributed by atoms with E-state index in [1.807, 2.05) is 66.9 Å². The summed E-state index contributed by atoms with van der Waals surface area (Å²) in [4.78, 5) is 28.1. The van der Waals surface area contributed by atoms with Gasteiger partial charge in [-0.3, -0.25) is 15.5 Å². The Morgan fingerprint density at radius 2 is 2.00 bits per heavy atom. The quantitative estimate of drug-likeness (QED) is 0.327. The molecule has 208 valence electrons. The molecule has 0 spiro atoms. The monoisotopic (exact) mass is 526 g/mol. The number of likely N-dealkylation sites (N-methyl/N-ethyl adjacent to an activating group) is 2. The smallest absolute Gasteiger partial charge is 0.411 e. The van der Waals surface area contributed by atoms with Gasteiger partial charge in [-0.15, -0.1) is 4.91 Å². The van der Waals surface area contributed by atoms with E-state index in [4.69, 9.17) is 9.47 Å². The van der Waals surface area contributed by atoms with E-state index in [9.17, 15) is 9.70 Å². The van der Waals surface area contributed by atoms with Gasteiger partial charge in [0.25, 0.3) is 0 Å². The first kappa shape index (κ1) is 29.3. The van der Waals surface area contributed by atoms with Gasteiger partial charge in [0.1, 0.15) is 17.1 Å². The standard InChI is InChI=1S/C28H42N6O4/c1-19(30-27(35)38-28(3,4)5)15-25(29-6)31-26-17-21(18-34-11-13-37-14-12-34)16-24(33(26)7)22-9-8-10-23(32-36)20(22)2/h8-10,15-17,24-25,29,31H,11-14,18H2,1-7H3,(H,30,35)/b19-15-. The van der Waals surface area contributed by atoms with Crippen molar-refractivity contribution in [2.24, 2.45) is 5.18 Å². The molecule has 1 saturated heterocycles. The van der Waals surface area contributed by atoms with Gasteiger partial charge in [-0.1, -0.05) is 18.2 Å². The zero-order chi connectivity index (χ0) is 27.9. The average molecular weight is 527 g/mol. The fourth-order valence-electron chi connectivity index (χ4n) is 4.52. The van der Waals surface area contributed by atoms with Crippen LogP contribution in [0.25, 0.3) is 0 Å². The Labute approximate surface area is 226 Å². The summed E-state index contributed by atoms with van der Waals surface area (Å²) in [5.74, 6) is 0.908. The number of allylic oxidation sites excluding steroid dienone is 1. The Kier molecular flexibility index (Phi) is 10.1. The van der Waals surface area contributed by atoms with Gasteiger partial charge in [-0.2, -0.15) is 0 Å². The molecule has 0 bridgehead atoms. The highest BCUT2D eigenvalue weighted by Gasteiger charge is 2.26.